The maximum atomic E-state index is 2.47. The molecule has 5 rings (SSSR count). The quantitative estimate of drug-likeness (QED) is 0.513. The summed E-state index contributed by atoms with van der Waals surface area (Å²) >= 11 is 0. The van der Waals surface area contributed by atoms with Crippen LogP contribution in [0.25, 0.3) is 0 Å². The molecule has 0 spiro atoms. The summed E-state index contributed by atoms with van der Waals surface area (Å²) in [4.78, 5) is 0. The molecule has 5 aliphatic carbocycles. The van der Waals surface area contributed by atoms with Crippen molar-refractivity contribution >= 4 is 0 Å². The summed E-state index contributed by atoms with van der Waals surface area (Å²) in [5.74, 6) is 2.08. The molecule has 5 saturated carbocycles. The van der Waals surface area contributed by atoms with Crippen molar-refractivity contribution < 1.29 is 0 Å². The largest absolute Gasteiger partial charge is 0.0625 e. The Morgan fingerprint density at radius 2 is 1.08 bits per heavy atom. The van der Waals surface area contributed by atoms with Gasteiger partial charge in [-0.05, 0) is 61.2 Å². The Morgan fingerprint density at radius 3 is 1.42 bits per heavy atom. The van der Waals surface area contributed by atoms with Gasteiger partial charge in [-0.3, -0.25) is 0 Å². The zero-order valence-corrected chi connectivity index (χ0v) is 8.40. The minimum absolute atomic E-state index is 0.856. The first-order valence-electron chi connectivity index (χ1n) is 5.62. The lowest BCUT2D eigenvalue weighted by atomic mass is 9.37. The van der Waals surface area contributed by atoms with Crippen LogP contribution >= 0.6 is 0 Å². The van der Waals surface area contributed by atoms with Gasteiger partial charge in [0.2, 0.25) is 0 Å². The van der Waals surface area contributed by atoms with Gasteiger partial charge in [0.15, 0.2) is 0 Å². The van der Waals surface area contributed by atoms with Crippen LogP contribution in [-0.4, -0.2) is 0 Å². The third-order valence-electron chi connectivity index (χ3n) is 4.63. The second-order valence-electron chi connectivity index (χ2n) is 6.38. The summed E-state index contributed by atoms with van der Waals surface area (Å²) in [7, 11) is 0. The fraction of sp³-hybridized carbons (Fsp3) is 1.00. The van der Waals surface area contributed by atoms with Crippen LogP contribution in [-0.2, 0) is 0 Å². The van der Waals surface area contributed by atoms with E-state index in [2.05, 4.69) is 13.8 Å². The average Bonchev–Trinajstić information content (AvgIpc) is 1.77. The van der Waals surface area contributed by atoms with Crippen LogP contribution in [0.2, 0.25) is 0 Å². The molecule has 5 fully saturated rings. The van der Waals surface area contributed by atoms with Crippen LogP contribution in [0.1, 0.15) is 52.4 Å². The summed E-state index contributed by atoms with van der Waals surface area (Å²) in [6.45, 7) is 4.94. The highest BCUT2D eigenvalue weighted by atomic mass is 14.7. The van der Waals surface area contributed by atoms with Crippen LogP contribution in [0.4, 0.5) is 0 Å². The zero-order valence-electron chi connectivity index (χ0n) is 8.40. The Hall–Kier alpha value is 0. The maximum Gasteiger partial charge on any atom is -0.0282 e. The van der Waals surface area contributed by atoms with E-state index in [0.717, 1.165) is 22.7 Å². The van der Waals surface area contributed by atoms with Gasteiger partial charge in [-0.15, -0.1) is 0 Å². The Kier molecular flexibility index (Phi) is 1.18. The molecule has 0 atom stereocenters. The minimum Gasteiger partial charge on any atom is -0.0625 e. The van der Waals surface area contributed by atoms with Crippen LogP contribution in [0, 0.1) is 22.7 Å². The first-order chi connectivity index (χ1) is 5.62. The predicted molar refractivity (Wildman–Crippen MR) is 50.9 cm³/mol. The highest BCUT2D eigenvalue weighted by Crippen LogP contribution is 2.73. The van der Waals surface area contributed by atoms with Crippen molar-refractivity contribution in [2.75, 3.05) is 0 Å². The van der Waals surface area contributed by atoms with Crippen molar-refractivity contribution in [3.63, 3.8) is 0 Å². The molecule has 5 aliphatic rings. The number of fused-ring (bicyclic) bond motifs is 4. The highest BCUT2D eigenvalue weighted by molar-refractivity contribution is 5.12. The van der Waals surface area contributed by atoms with Gasteiger partial charge in [-0.25, -0.2) is 0 Å². The van der Waals surface area contributed by atoms with Crippen molar-refractivity contribution in [1.29, 1.82) is 0 Å². The van der Waals surface area contributed by atoms with Gasteiger partial charge in [-0.1, -0.05) is 13.8 Å². The second-order valence-corrected chi connectivity index (χ2v) is 6.38. The van der Waals surface area contributed by atoms with Gasteiger partial charge < -0.3 is 0 Å². The third-order valence-corrected chi connectivity index (χ3v) is 4.63. The summed E-state index contributed by atoms with van der Waals surface area (Å²) in [6.07, 6.45) is 9.43. The monoisotopic (exact) mass is 164 g/mol. The van der Waals surface area contributed by atoms with Gasteiger partial charge in [0.05, 0.1) is 0 Å². The average molecular weight is 164 g/mol. The molecule has 0 aromatic heterocycles. The van der Waals surface area contributed by atoms with Crippen molar-refractivity contribution in [1.82, 2.24) is 0 Å². The molecule has 2 bridgehead atoms. The van der Waals surface area contributed by atoms with E-state index in [9.17, 15) is 0 Å². The third kappa shape index (κ3) is 0.791. The molecular weight excluding hydrogens is 144 g/mol. The van der Waals surface area contributed by atoms with Crippen LogP contribution in [0.5, 0.6) is 0 Å². The molecule has 0 N–H and O–H groups in total. The molecule has 0 amide bonds. The molecule has 0 heterocycles. The van der Waals surface area contributed by atoms with Gasteiger partial charge >= 0.3 is 0 Å². The number of hydrogen-bond acceptors (Lipinski definition) is 0. The molecule has 0 radical (unpaired) electrons. The van der Waals surface area contributed by atoms with E-state index >= 15 is 0 Å². The standard InChI is InChI=1S/C12H20/c1-9-3-11-5-10(2)6-12(4-9,7-11)8-11/h9-10H,3-8H2,1-2H3. The summed E-state index contributed by atoms with van der Waals surface area (Å²) < 4.78 is 0. The molecule has 0 aromatic carbocycles. The summed E-state index contributed by atoms with van der Waals surface area (Å²) in [5, 5.41) is 0. The Labute approximate surface area is 75.7 Å². The topological polar surface area (TPSA) is 0 Å². The Morgan fingerprint density at radius 1 is 0.750 bits per heavy atom. The molecule has 0 unspecified atom stereocenters. The number of rotatable bonds is 0. The lowest BCUT2D eigenvalue weighted by Gasteiger charge is -2.68. The van der Waals surface area contributed by atoms with Gasteiger partial charge in [0, 0.05) is 0 Å². The molecule has 0 aromatic rings. The molecular formula is C12H20. The molecule has 0 aliphatic heterocycles. The first kappa shape index (κ1) is 7.41. The maximum absolute atomic E-state index is 2.47. The smallest absolute Gasteiger partial charge is 0.0282 e. The van der Waals surface area contributed by atoms with Crippen molar-refractivity contribution in [3.8, 4) is 0 Å². The number of hydrogen-bond donors (Lipinski definition) is 0. The Balaban J connectivity index is 1.90. The SMILES string of the molecule is CC1CC23CC(C)CC(C1)(C2)C3. The van der Waals surface area contributed by atoms with E-state index in [-0.39, 0.29) is 0 Å². The lowest BCUT2D eigenvalue weighted by molar-refractivity contribution is -0.176. The van der Waals surface area contributed by atoms with Crippen LogP contribution in [0.3, 0.4) is 0 Å². The van der Waals surface area contributed by atoms with Crippen LogP contribution < -0.4 is 0 Å². The van der Waals surface area contributed by atoms with Crippen molar-refractivity contribution in [3.05, 3.63) is 0 Å². The van der Waals surface area contributed by atoms with Gasteiger partial charge in [0.25, 0.3) is 0 Å². The zero-order chi connectivity index (χ0) is 8.40. The summed E-state index contributed by atoms with van der Waals surface area (Å²) in [5.41, 5.74) is 1.71. The molecule has 0 heteroatoms. The fourth-order valence-electron chi connectivity index (χ4n) is 5.38. The molecule has 12 heavy (non-hydrogen) atoms. The van der Waals surface area contributed by atoms with E-state index in [1.807, 2.05) is 0 Å². The first-order valence-corrected chi connectivity index (χ1v) is 5.62. The van der Waals surface area contributed by atoms with Gasteiger partial charge in [0.1, 0.15) is 0 Å². The highest BCUT2D eigenvalue weighted by Gasteiger charge is 2.61. The molecule has 0 nitrogen and oxygen atoms in total. The van der Waals surface area contributed by atoms with E-state index in [1.165, 1.54) is 0 Å². The van der Waals surface area contributed by atoms with Crippen molar-refractivity contribution in [2.24, 2.45) is 22.7 Å². The van der Waals surface area contributed by atoms with Gasteiger partial charge in [-0.2, -0.15) is 0 Å². The molecule has 68 valence electrons. The fourth-order valence-corrected chi connectivity index (χ4v) is 5.38. The van der Waals surface area contributed by atoms with Crippen LogP contribution in [0.15, 0.2) is 0 Å². The molecule has 0 saturated heterocycles. The normalized spacial score (nSPS) is 62.5. The van der Waals surface area contributed by atoms with E-state index in [0.29, 0.717) is 0 Å². The van der Waals surface area contributed by atoms with E-state index in [4.69, 9.17) is 0 Å². The van der Waals surface area contributed by atoms with Crippen molar-refractivity contribution in [2.45, 2.75) is 52.4 Å². The second kappa shape index (κ2) is 1.91. The Bertz CT molecular complexity index is 157. The van der Waals surface area contributed by atoms with E-state index in [1.54, 1.807) is 38.5 Å². The van der Waals surface area contributed by atoms with E-state index < -0.39 is 0 Å². The predicted octanol–water partition coefficient (Wildman–Crippen LogP) is 3.61. The summed E-state index contributed by atoms with van der Waals surface area (Å²) in [6, 6.07) is 0. The lowest BCUT2D eigenvalue weighted by Crippen LogP contribution is -2.57. The minimum atomic E-state index is 0.856.